The molecule has 2 aromatic heterocycles. The number of rotatable bonds is 4. The first kappa shape index (κ1) is 12.7. The van der Waals surface area contributed by atoms with Crippen molar-refractivity contribution >= 4 is 17.6 Å². The topological polar surface area (TPSA) is 34.9 Å². The maximum atomic E-state index is 13.2. The Balaban J connectivity index is 1.93. The zero-order valence-corrected chi connectivity index (χ0v) is 11.3. The fourth-order valence-corrected chi connectivity index (χ4v) is 2.69. The molecule has 3 rings (SSSR count). The first-order chi connectivity index (χ1) is 9.76. The van der Waals surface area contributed by atoms with Crippen molar-refractivity contribution in [3.8, 4) is 11.3 Å². The summed E-state index contributed by atoms with van der Waals surface area (Å²) in [4.78, 5) is 11.1. The lowest BCUT2D eigenvalue weighted by Crippen LogP contribution is -2.00. The fourth-order valence-electron chi connectivity index (χ4n) is 2.05. The number of carbonyl (C=O) groups excluding carboxylic acids is 1. The van der Waals surface area contributed by atoms with Crippen LogP contribution >= 0.6 is 11.3 Å². The summed E-state index contributed by atoms with van der Waals surface area (Å²) in [5.41, 5.74) is 2.94. The molecule has 0 bridgehead atoms. The van der Waals surface area contributed by atoms with Gasteiger partial charge in [-0.2, -0.15) is 16.4 Å². The normalized spacial score (nSPS) is 10.7. The van der Waals surface area contributed by atoms with Gasteiger partial charge in [0.1, 0.15) is 11.5 Å². The van der Waals surface area contributed by atoms with Crippen molar-refractivity contribution in [1.82, 2.24) is 9.78 Å². The van der Waals surface area contributed by atoms with Crippen molar-refractivity contribution in [2.75, 3.05) is 0 Å². The number of hydrogen-bond acceptors (Lipinski definition) is 3. The molecule has 3 aromatic rings. The highest BCUT2D eigenvalue weighted by Crippen LogP contribution is 2.23. The number of thiophene rings is 1. The van der Waals surface area contributed by atoms with Gasteiger partial charge >= 0.3 is 0 Å². The minimum atomic E-state index is -0.275. The molecular weight excluding hydrogens is 275 g/mol. The smallest absolute Gasteiger partial charge is 0.153 e. The second kappa shape index (κ2) is 5.38. The van der Waals surface area contributed by atoms with E-state index in [4.69, 9.17) is 0 Å². The monoisotopic (exact) mass is 286 g/mol. The lowest BCUT2D eigenvalue weighted by Gasteiger charge is -2.01. The van der Waals surface area contributed by atoms with Gasteiger partial charge in [0.15, 0.2) is 6.29 Å². The molecule has 5 heteroatoms. The molecule has 0 aliphatic heterocycles. The molecule has 0 unspecified atom stereocenters. The number of aromatic nitrogens is 2. The summed E-state index contributed by atoms with van der Waals surface area (Å²) in [7, 11) is 0. The number of carbonyl (C=O) groups is 1. The molecule has 0 saturated carbocycles. The van der Waals surface area contributed by atoms with Gasteiger partial charge in [0.2, 0.25) is 0 Å². The van der Waals surface area contributed by atoms with Gasteiger partial charge in [-0.1, -0.05) is 12.1 Å². The summed E-state index contributed by atoms with van der Waals surface area (Å²) in [5, 5.41) is 8.30. The Morgan fingerprint density at radius 1 is 1.35 bits per heavy atom. The highest BCUT2D eigenvalue weighted by molar-refractivity contribution is 7.08. The third-order valence-corrected chi connectivity index (χ3v) is 3.63. The summed E-state index contributed by atoms with van der Waals surface area (Å²) in [6.45, 7) is 0.433. The van der Waals surface area contributed by atoms with E-state index in [9.17, 15) is 9.18 Å². The minimum absolute atomic E-state index is 0.275. The van der Waals surface area contributed by atoms with E-state index >= 15 is 0 Å². The van der Waals surface area contributed by atoms with Crippen molar-refractivity contribution in [2.24, 2.45) is 0 Å². The Hall–Kier alpha value is -2.27. The Labute approximate surface area is 119 Å². The van der Waals surface area contributed by atoms with Crippen molar-refractivity contribution in [2.45, 2.75) is 6.54 Å². The maximum absolute atomic E-state index is 13.2. The molecule has 0 fully saturated rings. The average molecular weight is 286 g/mol. The van der Waals surface area contributed by atoms with Gasteiger partial charge in [-0.15, -0.1) is 0 Å². The molecule has 1 aromatic carbocycles. The predicted molar refractivity (Wildman–Crippen MR) is 76.4 cm³/mol. The average Bonchev–Trinajstić information content (AvgIpc) is 3.06. The van der Waals surface area contributed by atoms with Gasteiger partial charge in [0.25, 0.3) is 0 Å². The summed E-state index contributed by atoms with van der Waals surface area (Å²) in [5.74, 6) is -0.275. The van der Waals surface area contributed by atoms with Crippen LogP contribution in [-0.4, -0.2) is 16.1 Å². The van der Waals surface area contributed by atoms with Gasteiger partial charge < -0.3 is 0 Å². The highest BCUT2D eigenvalue weighted by Gasteiger charge is 2.11. The molecule has 0 atom stereocenters. The van der Waals surface area contributed by atoms with Crippen molar-refractivity contribution < 1.29 is 9.18 Å². The summed E-state index contributed by atoms with van der Waals surface area (Å²) in [6, 6.07) is 8.28. The van der Waals surface area contributed by atoms with E-state index in [0.29, 0.717) is 17.8 Å². The van der Waals surface area contributed by atoms with Crippen LogP contribution in [0.5, 0.6) is 0 Å². The minimum Gasteiger partial charge on any atom is -0.298 e. The van der Waals surface area contributed by atoms with Crippen LogP contribution in [0.15, 0.2) is 47.3 Å². The van der Waals surface area contributed by atoms with Crippen LogP contribution in [-0.2, 0) is 6.54 Å². The molecule has 0 spiro atoms. The van der Waals surface area contributed by atoms with Crippen LogP contribution in [0.25, 0.3) is 11.3 Å². The van der Waals surface area contributed by atoms with Crippen molar-refractivity contribution in [3.63, 3.8) is 0 Å². The molecule has 0 radical (unpaired) electrons. The third-order valence-electron chi connectivity index (χ3n) is 2.95. The van der Waals surface area contributed by atoms with E-state index in [-0.39, 0.29) is 5.82 Å². The number of benzene rings is 1. The van der Waals surface area contributed by atoms with Gasteiger partial charge in [-0.25, -0.2) is 4.39 Å². The Kier molecular flexibility index (Phi) is 3.43. The van der Waals surface area contributed by atoms with E-state index in [0.717, 1.165) is 17.4 Å². The summed E-state index contributed by atoms with van der Waals surface area (Å²) in [6.07, 6.45) is 2.48. The zero-order chi connectivity index (χ0) is 13.9. The van der Waals surface area contributed by atoms with Crippen molar-refractivity contribution in [1.29, 1.82) is 0 Å². The van der Waals surface area contributed by atoms with Gasteiger partial charge in [0, 0.05) is 17.1 Å². The number of nitrogens with zero attached hydrogens (tertiary/aromatic N) is 2. The Morgan fingerprint density at radius 2 is 2.25 bits per heavy atom. The molecule has 0 saturated heterocycles. The van der Waals surface area contributed by atoms with Crippen LogP contribution in [0.3, 0.4) is 0 Å². The molecule has 0 N–H and O–H groups in total. The molecule has 100 valence electrons. The summed E-state index contributed by atoms with van der Waals surface area (Å²) >= 11 is 1.55. The SMILES string of the molecule is O=Cc1cn(Cc2cccc(F)c2)nc1-c1ccsc1. The highest BCUT2D eigenvalue weighted by atomic mass is 32.1. The van der Waals surface area contributed by atoms with Gasteiger partial charge in [-0.05, 0) is 29.1 Å². The quantitative estimate of drug-likeness (QED) is 0.687. The molecular formula is C15H11FN2OS. The predicted octanol–water partition coefficient (Wildman–Crippen LogP) is 3.61. The zero-order valence-electron chi connectivity index (χ0n) is 10.5. The Bertz CT molecular complexity index is 734. The van der Waals surface area contributed by atoms with Crippen molar-refractivity contribution in [3.05, 3.63) is 64.2 Å². The van der Waals surface area contributed by atoms with E-state index in [1.807, 2.05) is 22.9 Å². The third kappa shape index (κ3) is 2.53. The van der Waals surface area contributed by atoms with Gasteiger partial charge in [0.05, 0.1) is 12.1 Å². The molecule has 0 aliphatic rings. The standard InChI is InChI=1S/C15H11FN2OS/c16-14-3-1-2-11(6-14)7-18-8-13(9-19)15(17-18)12-4-5-20-10-12/h1-6,8-10H,7H2. The van der Waals surface area contributed by atoms with E-state index in [2.05, 4.69) is 5.10 Å². The van der Waals surface area contributed by atoms with E-state index < -0.39 is 0 Å². The lowest BCUT2D eigenvalue weighted by molar-refractivity contribution is 0.112. The van der Waals surface area contributed by atoms with Crippen LogP contribution < -0.4 is 0 Å². The molecule has 3 nitrogen and oxygen atoms in total. The van der Waals surface area contributed by atoms with Crippen LogP contribution in [0, 0.1) is 5.82 Å². The largest absolute Gasteiger partial charge is 0.298 e. The molecule has 20 heavy (non-hydrogen) atoms. The Morgan fingerprint density at radius 3 is 2.95 bits per heavy atom. The van der Waals surface area contributed by atoms with E-state index in [1.165, 1.54) is 12.1 Å². The second-order valence-corrected chi connectivity index (χ2v) is 5.17. The number of hydrogen-bond donors (Lipinski definition) is 0. The first-order valence-electron chi connectivity index (χ1n) is 6.06. The van der Waals surface area contributed by atoms with Crippen LogP contribution in [0.4, 0.5) is 4.39 Å². The molecule has 0 amide bonds. The van der Waals surface area contributed by atoms with Gasteiger partial charge in [-0.3, -0.25) is 9.48 Å². The fraction of sp³-hybridized carbons (Fsp3) is 0.0667. The molecule has 0 aliphatic carbocycles. The first-order valence-corrected chi connectivity index (χ1v) is 7.00. The van der Waals surface area contributed by atoms with E-state index in [1.54, 1.807) is 28.3 Å². The number of halogens is 1. The summed E-state index contributed by atoms with van der Waals surface area (Å²) < 4.78 is 14.8. The number of aldehydes is 1. The lowest BCUT2D eigenvalue weighted by atomic mass is 10.2. The van der Waals surface area contributed by atoms with Crippen LogP contribution in [0.1, 0.15) is 15.9 Å². The maximum Gasteiger partial charge on any atom is 0.153 e. The molecule has 2 heterocycles. The van der Waals surface area contributed by atoms with Crippen LogP contribution in [0.2, 0.25) is 0 Å². The second-order valence-electron chi connectivity index (χ2n) is 4.39.